The molecule has 0 atom stereocenters. The lowest BCUT2D eigenvalue weighted by atomic mass is 9.71. The zero-order valence-corrected chi connectivity index (χ0v) is 25.8. The molecule has 43 heavy (non-hydrogen) atoms. The maximum atomic E-state index is 14.3. The average molecular weight is 597 g/mol. The second-order valence-corrected chi connectivity index (χ2v) is 13.2. The molecule has 0 radical (unpaired) electrons. The van der Waals surface area contributed by atoms with Crippen LogP contribution in [0.4, 0.5) is 15.0 Å². The van der Waals surface area contributed by atoms with E-state index in [4.69, 9.17) is 9.84 Å². The molecule has 2 aromatic rings. The van der Waals surface area contributed by atoms with Gasteiger partial charge >= 0.3 is 6.09 Å². The van der Waals surface area contributed by atoms with Gasteiger partial charge in [0, 0.05) is 43.2 Å². The lowest BCUT2D eigenvalue weighted by Gasteiger charge is -2.54. The van der Waals surface area contributed by atoms with Crippen LogP contribution in [0.3, 0.4) is 0 Å². The first-order valence-corrected chi connectivity index (χ1v) is 15.6. The summed E-state index contributed by atoms with van der Waals surface area (Å²) in [5.41, 5.74) is 0.421. The van der Waals surface area contributed by atoms with Crippen molar-refractivity contribution in [3.05, 3.63) is 42.1 Å². The van der Waals surface area contributed by atoms with E-state index in [1.807, 2.05) is 27.7 Å². The number of piperidine rings is 1. The van der Waals surface area contributed by atoms with Crippen molar-refractivity contribution < 1.29 is 23.8 Å². The average Bonchev–Trinajstić information content (AvgIpc) is 2.94. The third-order valence-electron chi connectivity index (χ3n) is 9.36. The van der Waals surface area contributed by atoms with Crippen LogP contribution in [0.25, 0.3) is 0 Å². The highest BCUT2D eigenvalue weighted by Crippen LogP contribution is 2.45. The number of amides is 2. The SMILES string of the molecule is CC(C)N(C(=O)c1cc(F)ccc1Oc1cncnc1N1CC2(CCN(C[C@H]3CC[C@H](NC(=O)O)CC3)CC2)C1)C(C)C. The van der Waals surface area contributed by atoms with Crippen molar-refractivity contribution in [1.82, 2.24) is 25.1 Å². The maximum Gasteiger partial charge on any atom is 0.404 e. The molecule has 1 aromatic carbocycles. The van der Waals surface area contributed by atoms with E-state index in [1.54, 1.807) is 11.1 Å². The molecule has 10 nitrogen and oxygen atoms in total. The summed E-state index contributed by atoms with van der Waals surface area (Å²) in [6.45, 7) is 12.8. The van der Waals surface area contributed by atoms with E-state index in [0.717, 1.165) is 71.2 Å². The highest BCUT2D eigenvalue weighted by atomic mass is 19.1. The molecule has 0 unspecified atom stereocenters. The van der Waals surface area contributed by atoms with Crippen LogP contribution in [-0.4, -0.2) is 87.7 Å². The molecule has 2 amide bonds. The van der Waals surface area contributed by atoms with Crippen LogP contribution in [0, 0.1) is 17.2 Å². The van der Waals surface area contributed by atoms with Gasteiger partial charge in [-0.2, -0.15) is 0 Å². The summed E-state index contributed by atoms with van der Waals surface area (Å²) in [4.78, 5) is 39.7. The Balaban J connectivity index is 1.19. The van der Waals surface area contributed by atoms with Crippen LogP contribution in [0.2, 0.25) is 0 Å². The quantitative estimate of drug-likeness (QED) is 0.396. The molecule has 1 spiro atoms. The Bertz CT molecular complexity index is 1270. The first-order chi connectivity index (χ1) is 20.5. The number of anilines is 1. The second-order valence-electron chi connectivity index (χ2n) is 13.2. The Morgan fingerprint density at radius 1 is 1.09 bits per heavy atom. The molecular formula is C32H45FN6O4. The number of hydrogen-bond acceptors (Lipinski definition) is 7. The minimum Gasteiger partial charge on any atom is -0.465 e. The predicted molar refractivity (Wildman–Crippen MR) is 162 cm³/mol. The standard InChI is InChI=1S/C32H45FN6O4/c1-21(2)39(22(3)4)30(40)26-15-24(33)7-10-27(26)43-28-16-34-20-35-29(28)38-18-32(19-38)11-13-37(14-12-32)17-23-5-8-25(9-6-23)36-31(41)42/h7,10,15-16,20-23,25,36H,5-6,8-9,11-14,17-19H2,1-4H3,(H,41,42)/t23-,25-. The Kier molecular flexibility index (Phi) is 9.39. The zero-order valence-electron chi connectivity index (χ0n) is 25.8. The summed E-state index contributed by atoms with van der Waals surface area (Å²) in [5.74, 6) is 1.27. The van der Waals surface area contributed by atoms with Crippen molar-refractivity contribution in [2.45, 2.75) is 84.3 Å². The van der Waals surface area contributed by atoms with E-state index in [2.05, 4.69) is 25.1 Å². The molecule has 2 N–H and O–H groups in total. The van der Waals surface area contributed by atoms with E-state index in [1.165, 1.54) is 24.5 Å². The molecule has 3 fully saturated rings. The topological polar surface area (TPSA) is 111 Å². The Hall–Kier alpha value is -3.47. The Morgan fingerprint density at radius 3 is 2.40 bits per heavy atom. The first kappa shape index (κ1) is 31.0. The van der Waals surface area contributed by atoms with E-state index in [0.29, 0.717) is 17.5 Å². The summed E-state index contributed by atoms with van der Waals surface area (Å²) in [6.07, 6.45) is 8.44. The third kappa shape index (κ3) is 7.20. The maximum absolute atomic E-state index is 14.3. The van der Waals surface area contributed by atoms with Gasteiger partial charge in [0.25, 0.3) is 5.91 Å². The van der Waals surface area contributed by atoms with Crippen LogP contribution >= 0.6 is 0 Å². The number of aromatic nitrogens is 2. The van der Waals surface area contributed by atoms with Crippen molar-refractivity contribution in [3.8, 4) is 11.5 Å². The molecule has 1 aromatic heterocycles. The number of nitrogens with one attached hydrogen (secondary N) is 1. The molecule has 5 rings (SSSR count). The number of nitrogens with zero attached hydrogens (tertiary/aromatic N) is 5. The third-order valence-corrected chi connectivity index (χ3v) is 9.36. The number of benzene rings is 1. The van der Waals surface area contributed by atoms with Crippen LogP contribution < -0.4 is 15.0 Å². The van der Waals surface area contributed by atoms with Gasteiger partial charge in [-0.15, -0.1) is 0 Å². The highest BCUT2D eigenvalue weighted by molar-refractivity contribution is 5.97. The number of halogens is 1. The van der Waals surface area contributed by atoms with Gasteiger partial charge < -0.3 is 29.9 Å². The summed E-state index contributed by atoms with van der Waals surface area (Å²) in [6, 6.07) is 4.03. The predicted octanol–water partition coefficient (Wildman–Crippen LogP) is 5.40. The number of carboxylic acid groups (broad SMARTS) is 1. The van der Waals surface area contributed by atoms with Gasteiger partial charge in [0.2, 0.25) is 0 Å². The normalized spacial score (nSPS) is 22.0. The zero-order chi connectivity index (χ0) is 30.7. The number of ether oxygens (including phenoxy) is 1. The summed E-state index contributed by atoms with van der Waals surface area (Å²) >= 11 is 0. The molecule has 3 heterocycles. The number of rotatable bonds is 9. The summed E-state index contributed by atoms with van der Waals surface area (Å²) in [7, 11) is 0. The fourth-order valence-corrected chi connectivity index (χ4v) is 7.17. The van der Waals surface area contributed by atoms with Gasteiger partial charge in [0.05, 0.1) is 11.8 Å². The van der Waals surface area contributed by atoms with E-state index in [-0.39, 0.29) is 40.8 Å². The van der Waals surface area contributed by atoms with Gasteiger partial charge in [0.1, 0.15) is 17.9 Å². The molecule has 3 aliphatic rings. The highest BCUT2D eigenvalue weighted by Gasteiger charge is 2.46. The lowest BCUT2D eigenvalue weighted by Crippen LogP contribution is -2.61. The van der Waals surface area contributed by atoms with E-state index < -0.39 is 11.9 Å². The van der Waals surface area contributed by atoms with Crippen LogP contribution in [0.15, 0.2) is 30.7 Å². The molecule has 0 bridgehead atoms. The van der Waals surface area contributed by atoms with Crippen molar-refractivity contribution in [1.29, 1.82) is 0 Å². The molecule has 11 heteroatoms. The number of likely N-dealkylation sites (tertiary alicyclic amines) is 1. The van der Waals surface area contributed by atoms with Gasteiger partial charge in [-0.05, 0) is 103 Å². The van der Waals surface area contributed by atoms with Crippen molar-refractivity contribution >= 4 is 17.8 Å². The smallest absolute Gasteiger partial charge is 0.404 e. The summed E-state index contributed by atoms with van der Waals surface area (Å²) < 4.78 is 20.6. The lowest BCUT2D eigenvalue weighted by molar-refractivity contribution is 0.0614. The molecular weight excluding hydrogens is 551 g/mol. The van der Waals surface area contributed by atoms with Gasteiger partial charge in [-0.25, -0.2) is 19.2 Å². The molecule has 234 valence electrons. The minimum absolute atomic E-state index is 0.0564. The Labute approximate surface area is 253 Å². The van der Waals surface area contributed by atoms with E-state index in [9.17, 15) is 14.0 Å². The van der Waals surface area contributed by atoms with Gasteiger partial charge in [-0.3, -0.25) is 4.79 Å². The van der Waals surface area contributed by atoms with Crippen molar-refractivity contribution in [3.63, 3.8) is 0 Å². The number of carbonyl (C=O) groups excluding carboxylic acids is 1. The fourth-order valence-electron chi connectivity index (χ4n) is 7.17. The van der Waals surface area contributed by atoms with Gasteiger partial charge in [0.15, 0.2) is 11.6 Å². The first-order valence-electron chi connectivity index (χ1n) is 15.6. The fraction of sp³-hybridized carbons (Fsp3) is 0.625. The van der Waals surface area contributed by atoms with Crippen molar-refractivity contribution in [2.24, 2.45) is 11.3 Å². The second kappa shape index (κ2) is 13.0. The van der Waals surface area contributed by atoms with Crippen LogP contribution in [0.1, 0.15) is 76.6 Å². The monoisotopic (exact) mass is 596 g/mol. The molecule has 2 saturated heterocycles. The van der Waals surface area contributed by atoms with Gasteiger partial charge in [-0.1, -0.05) is 0 Å². The molecule has 1 aliphatic carbocycles. The molecule has 1 saturated carbocycles. The van der Waals surface area contributed by atoms with Crippen LogP contribution in [-0.2, 0) is 0 Å². The number of hydrogen-bond donors (Lipinski definition) is 2. The van der Waals surface area contributed by atoms with Crippen molar-refractivity contribution in [2.75, 3.05) is 37.6 Å². The Morgan fingerprint density at radius 2 is 1.77 bits per heavy atom. The minimum atomic E-state index is -0.921. The summed E-state index contributed by atoms with van der Waals surface area (Å²) in [5, 5.41) is 11.6. The number of carbonyl (C=O) groups is 2. The largest absolute Gasteiger partial charge is 0.465 e. The van der Waals surface area contributed by atoms with E-state index >= 15 is 0 Å². The van der Waals surface area contributed by atoms with Crippen LogP contribution in [0.5, 0.6) is 11.5 Å². The molecule has 2 aliphatic heterocycles.